The first-order chi connectivity index (χ1) is 14.2. The Hall–Kier alpha value is -2.90. The van der Waals surface area contributed by atoms with Crippen molar-refractivity contribution in [2.45, 2.75) is 11.4 Å². The Morgan fingerprint density at radius 2 is 1.97 bits per heavy atom. The van der Waals surface area contributed by atoms with Gasteiger partial charge in [0.05, 0.1) is 29.6 Å². The van der Waals surface area contributed by atoms with Gasteiger partial charge in [-0.05, 0) is 60.9 Å². The van der Waals surface area contributed by atoms with Crippen molar-refractivity contribution in [3.8, 4) is 5.75 Å². The predicted molar refractivity (Wildman–Crippen MR) is 119 cm³/mol. The molecule has 0 aliphatic rings. The third-order valence-corrected chi connectivity index (χ3v) is 6.23. The predicted octanol–water partition coefficient (Wildman–Crippen LogP) is 5.27. The van der Waals surface area contributed by atoms with Crippen molar-refractivity contribution in [3.05, 3.63) is 78.1 Å². The number of thioether (sulfide) groups is 1. The highest BCUT2D eigenvalue weighted by molar-refractivity contribution is 7.98. The van der Waals surface area contributed by atoms with E-state index in [-0.39, 0.29) is 5.91 Å². The lowest BCUT2D eigenvalue weighted by atomic mass is 10.2. The molecule has 0 aliphatic carbocycles. The Bertz CT molecular complexity index is 1130. The Morgan fingerprint density at radius 1 is 1.14 bits per heavy atom. The van der Waals surface area contributed by atoms with Gasteiger partial charge in [-0.15, -0.1) is 11.8 Å². The molecule has 0 unspecified atom stereocenters. The summed E-state index contributed by atoms with van der Waals surface area (Å²) in [6, 6.07) is 19.0. The SMILES string of the molecule is COc1ccc2nc(N(Cc3ccccn3)C(=O)c3ccc(SC)cc3)sc2c1. The standard InChI is InChI=1S/C22H19N3O2S2/c1-27-17-8-11-19-20(13-17)29-22(24-19)25(14-16-5-3-4-12-23-16)21(26)15-6-9-18(28-2)10-7-15/h3-13H,14H2,1-2H3. The van der Waals surface area contributed by atoms with Crippen LogP contribution in [0, 0.1) is 0 Å². The second-order valence-electron chi connectivity index (χ2n) is 6.27. The van der Waals surface area contributed by atoms with Crippen molar-refractivity contribution >= 4 is 44.4 Å². The Kier molecular flexibility index (Phi) is 5.78. The molecule has 0 N–H and O–H groups in total. The molecule has 0 spiro atoms. The summed E-state index contributed by atoms with van der Waals surface area (Å²) in [4.78, 5) is 25.3. The largest absolute Gasteiger partial charge is 0.497 e. The van der Waals surface area contributed by atoms with Gasteiger partial charge in [0.2, 0.25) is 0 Å². The minimum absolute atomic E-state index is 0.102. The lowest BCUT2D eigenvalue weighted by Crippen LogP contribution is -2.30. The average molecular weight is 422 g/mol. The number of nitrogens with zero attached hydrogens (tertiary/aromatic N) is 3. The number of anilines is 1. The fraction of sp³-hybridized carbons (Fsp3) is 0.136. The number of amides is 1. The summed E-state index contributed by atoms with van der Waals surface area (Å²) >= 11 is 3.11. The molecule has 2 aromatic heterocycles. The summed E-state index contributed by atoms with van der Waals surface area (Å²) in [6.07, 6.45) is 3.74. The minimum Gasteiger partial charge on any atom is -0.497 e. The maximum absolute atomic E-state index is 13.4. The summed E-state index contributed by atoms with van der Waals surface area (Å²) in [6.45, 7) is 0.348. The molecule has 4 aromatic rings. The van der Waals surface area contributed by atoms with E-state index in [0.29, 0.717) is 17.2 Å². The third kappa shape index (κ3) is 4.26. The van der Waals surface area contributed by atoms with Crippen LogP contribution < -0.4 is 9.64 Å². The van der Waals surface area contributed by atoms with Crippen LogP contribution in [0.25, 0.3) is 10.2 Å². The lowest BCUT2D eigenvalue weighted by molar-refractivity contribution is 0.0984. The molecule has 0 aliphatic heterocycles. The molecule has 7 heteroatoms. The van der Waals surface area contributed by atoms with E-state index >= 15 is 0 Å². The van der Waals surface area contributed by atoms with Gasteiger partial charge in [-0.1, -0.05) is 17.4 Å². The molecule has 2 heterocycles. The number of rotatable bonds is 6. The normalized spacial score (nSPS) is 10.8. The summed E-state index contributed by atoms with van der Waals surface area (Å²) in [5, 5.41) is 0.637. The number of methoxy groups -OCH3 is 1. The van der Waals surface area contributed by atoms with E-state index in [9.17, 15) is 4.79 Å². The fourth-order valence-electron chi connectivity index (χ4n) is 2.90. The van der Waals surface area contributed by atoms with Gasteiger partial charge in [0.25, 0.3) is 5.91 Å². The van der Waals surface area contributed by atoms with E-state index < -0.39 is 0 Å². The number of fused-ring (bicyclic) bond motifs is 1. The first kappa shape index (κ1) is 19.4. The molecule has 0 fully saturated rings. The molecular weight excluding hydrogens is 402 g/mol. The van der Waals surface area contributed by atoms with E-state index in [2.05, 4.69) is 4.98 Å². The zero-order valence-electron chi connectivity index (χ0n) is 16.0. The smallest absolute Gasteiger partial charge is 0.260 e. The average Bonchev–Trinajstić information content (AvgIpc) is 3.20. The highest BCUT2D eigenvalue weighted by Gasteiger charge is 2.22. The van der Waals surface area contributed by atoms with E-state index in [1.807, 2.05) is 66.9 Å². The summed E-state index contributed by atoms with van der Waals surface area (Å²) in [5.41, 5.74) is 2.26. The van der Waals surface area contributed by atoms with Crippen LogP contribution in [-0.2, 0) is 6.54 Å². The molecule has 29 heavy (non-hydrogen) atoms. The summed E-state index contributed by atoms with van der Waals surface area (Å²) in [5.74, 6) is 0.664. The van der Waals surface area contributed by atoms with E-state index in [1.165, 1.54) is 11.3 Å². The van der Waals surface area contributed by atoms with Gasteiger partial charge in [-0.3, -0.25) is 14.7 Å². The van der Waals surface area contributed by atoms with Crippen LogP contribution in [0.5, 0.6) is 5.75 Å². The molecule has 0 radical (unpaired) electrons. The van der Waals surface area contributed by atoms with Crippen molar-refractivity contribution in [1.29, 1.82) is 0 Å². The highest BCUT2D eigenvalue weighted by atomic mass is 32.2. The van der Waals surface area contributed by atoms with Crippen LogP contribution in [0.15, 0.2) is 71.8 Å². The monoisotopic (exact) mass is 421 g/mol. The number of hydrogen-bond acceptors (Lipinski definition) is 6. The fourth-order valence-corrected chi connectivity index (χ4v) is 4.30. The molecule has 0 saturated heterocycles. The van der Waals surface area contributed by atoms with Crippen LogP contribution in [0.2, 0.25) is 0 Å². The van der Waals surface area contributed by atoms with Crippen molar-refractivity contribution in [3.63, 3.8) is 0 Å². The van der Waals surface area contributed by atoms with E-state index in [0.717, 1.165) is 26.6 Å². The first-order valence-electron chi connectivity index (χ1n) is 8.98. The van der Waals surface area contributed by atoms with Crippen molar-refractivity contribution in [1.82, 2.24) is 9.97 Å². The van der Waals surface area contributed by atoms with Gasteiger partial charge in [-0.25, -0.2) is 4.98 Å². The number of benzene rings is 2. The van der Waals surface area contributed by atoms with Gasteiger partial charge in [-0.2, -0.15) is 0 Å². The second kappa shape index (κ2) is 8.63. The van der Waals surface area contributed by atoms with Gasteiger partial charge in [0, 0.05) is 16.7 Å². The van der Waals surface area contributed by atoms with Crippen LogP contribution >= 0.6 is 23.1 Å². The van der Waals surface area contributed by atoms with Crippen molar-refractivity contribution in [2.24, 2.45) is 0 Å². The molecule has 4 rings (SSSR count). The number of carbonyl (C=O) groups excluding carboxylic acids is 1. The highest BCUT2D eigenvalue weighted by Crippen LogP contribution is 2.33. The molecule has 2 aromatic carbocycles. The number of carbonyl (C=O) groups is 1. The number of hydrogen-bond donors (Lipinski definition) is 0. The molecule has 146 valence electrons. The van der Waals surface area contributed by atoms with Crippen LogP contribution in [0.1, 0.15) is 16.1 Å². The number of ether oxygens (including phenoxy) is 1. The van der Waals surface area contributed by atoms with Gasteiger partial charge in [0.15, 0.2) is 5.13 Å². The Balaban J connectivity index is 1.74. The van der Waals surface area contributed by atoms with Crippen molar-refractivity contribution < 1.29 is 9.53 Å². The third-order valence-electron chi connectivity index (χ3n) is 4.44. The number of thiazole rings is 1. The summed E-state index contributed by atoms with van der Waals surface area (Å²) in [7, 11) is 1.64. The van der Waals surface area contributed by atoms with Crippen LogP contribution in [0.4, 0.5) is 5.13 Å². The van der Waals surface area contributed by atoms with Gasteiger partial charge >= 0.3 is 0 Å². The first-order valence-corrected chi connectivity index (χ1v) is 11.0. The quantitative estimate of drug-likeness (QED) is 0.397. The Morgan fingerprint density at radius 3 is 2.66 bits per heavy atom. The molecule has 0 atom stereocenters. The van der Waals surface area contributed by atoms with Crippen LogP contribution in [-0.4, -0.2) is 29.2 Å². The second-order valence-corrected chi connectivity index (χ2v) is 8.16. The zero-order chi connectivity index (χ0) is 20.2. The number of aromatic nitrogens is 2. The summed E-state index contributed by atoms with van der Waals surface area (Å²) < 4.78 is 6.28. The van der Waals surface area contributed by atoms with Crippen LogP contribution in [0.3, 0.4) is 0 Å². The maximum Gasteiger partial charge on any atom is 0.260 e. The molecule has 5 nitrogen and oxygen atoms in total. The zero-order valence-corrected chi connectivity index (χ0v) is 17.7. The molecule has 1 amide bonds. The lowest BCUT2D eigenvalue weighted by Gasteiger charge is -2.19. The molecule has 0 saturated carbocycles. The van der Waals surface area contributed by atoms with E-state index in [4.69, 9.17) is 9.72 Å². The number of pyridine rings is 1. The maximum atomic E-state index is 13.4. The van der Waals surface area contributed by atoms with E-state index in [1.54, 1.807) is 30.0 Å². The van der Waals surface area contributed by atoms with Gasteiger partial charge in [0.1, 0.15) is 5.75 Å². The van der Waals surface area contributed by atoms with Gasteiger partial charge < -0.3 is 4.74 Å². The van der Waals surface area contributed by atoms with Crippen molar-refractivity contribution in [2.75, 3.05) is 18.3 Å². The molecule has 0 bridgehead atoms. The Labute approximate surface area is 177 Å². The minimum atomic E-state index is -0.102. The molecular formula is C22H19N3O2S2. The topological polar surface area (TPSA) is 55.3 Å².